The minimum atomic E-state index is -3.66. The Bertz CT molecular complexity index is 855. The van der Waals surface area contributed by atoms with Gasteiger partial charge in [0.2, 0.25) is 15.9 Å². The summed E-state index contributed by atoms with van der Waals surface area (Å²) in [6.45, 7) is 2.32. The van der Waals surface area contributed by atoms with Crippen LogP contribution in [-0.2, 0) is 16.6 Å². The van der Waals surface area contributed by atoms with E-state index in [1.165, 1.54) is 35.6 Å². The summed E-state index contributed by atoms with van der Waals surface area (Å²) in [5, 5.41) is 0. The summed E-state index contributed by atoms with van der Waals surface area (Å²) in [6.07, 6.45) is 1.12. The Balaban J connectivity index is 1.74. The number of carbonyl (C=O) groups excluding carboxylic acids is 1. The van der Waals surface area contributed by atoms with Crippen LogP contribution in [0.25, 0.3) is 0 Å². The molecule has 1 amide bonds. The fourth-order valence-electron chi connectivity index (χ4n) is 2.67. The van der Waals surface area contributed by atoms with E-state index in [1.54, 1.807) is 0 Å². The van der Waals surface area contributed by atoms with E-state index < -0.39 is 15.9 Å². The van der Waals surface area contributed by atoms with Crippen LogP contribution in [0.1, 0.15) is 41.1 Å². The van der Waals surface area contributed by atoms with E-state index in [2.05, 4.69) is 6.92 Å². The normalized spacial score (nSPS) is 20.3. The number of hydrogen-bond donors (Lipinski definition) is 1. The molecule has 1 aromatic carbocycles. The molecule has 1 saturated carbocycles. The lowest BCUT2D eigenvalue weighted by atomic mass is 10.2. The van der Waals surface area contributed by atoms with Crippen LogP contribution >= 0.6 is 0 Å². The average molecular weight is 348 g/mol. The third kappa shape index (κ3) is 3.22. The van der Waals surface area contributed by atoms with Crippen molar-refractivity contribution < 1.29 is 17.6 Å². The van der Waals surface area contributed by atoms with Gasteiger partial charge in [-0.25, -0.2) is 8.42 Å². The maximum Gasteiger partial charge on any atom is 0.248 e. The summed E-state index contributed by atoms with van der Waals surface area (Å²) in [6, 6.07) is 9.32. The molecule has 6 nitrogen and oxygen atoms in total. The molecule has 2 atom stereocenters. The highest BCUT2D eigenvalue weighted by Crippen LogP contribution is 2.47. The van der Waals surface area contributed by atoms with Gasteiger partial charge in [-0.05, 0) is 48.7 Å². The van der Waals surface area contributed by atoms with Crippen LogP contribution in [0.4, 0.5) is 0 Å². The summed E-state index contributed by atoms with van der Waals surface area (Å²) in [5.74, 6) is 2.04. The average Bonchev–Trinajstić information content (AvgIpc) is 3.09. The van der Waals surface area contributed by atoms with Crippen LogP contribution in [0.2, 0.25) is 0 Å². The Morgan fingerprint density at radius 2 is 1.88 bits per heavy atom. The Kier molecular flexibility index (Phi) is 4.23. The maximum atomic E-state index is 12.6. The van der Waals surface area contributed by atoms with Crippen molar-refractivity contribution in [3.63, 3.8) is 0 Å². The minimum absolute atomic E-state index is 0.109. The lowest BCUT2D eigenvalue weighted by Crippen LogP contribution is -2.26. The molecule has 0 saturated heterocycles. The molecule has 1 heterocycles. The second-order valence-corrected chi connectivity index (χ2v) is 8.32. The van der Waals surface area contributed by atoms with E-state index in [4.69, 9.17) is 10.2 Å². The maximum absolute atomic E-state index is 12.6. The van der Waals surface area contributed by atoms with Crippen molar-refractivity contribution in [2.75, 3.05) is 7.05 Å². The zero-order valence-electron chi connectivity index (χ0n) is 13.6. The molecule has 128 valence electrons. The molecule has 24 heavy (non-hydrogen) atoms. The zero-order valence-corrected chi connectivity index (χ0v) is 14.4. The predicted molar refractivity (Wildman–Crippen MR) is 88.8 cm³/mol. The largest absolute Gasteiger partial charge is 0.464 e. The highest BCUT2D eigenvalue weighted by molar-refractivity contribution is 7.89. The molecule has 2 aromatic rings. The standard InChI is InChI=1S/C17H20N2O4S/c1-11-9-15(11)16-8-5-13(23-16)10-19(2)24(21,22)14-6-3-12(4-7-14)17(18)20/h3-8,11,15H,9-10H2,1-2H3,(H2,18,20)/t11-,15+/m1/s1. The minimum Gasteiger partial charge on any atom is -0.464 e. The van der Waals surface area contributed by atoms with Gasteiger partial charge in [0.05, 0.1) is 11.4 Å². The van der Waals surface area contributed by atoms with Gasteiger partial charge in [-0.3, -0.25) is 4.79 Å². The monoisotopic (exact) mass is 348 g/mol. The molecule has 0 aliphatic heterocycles. The Hall–Kier alpha value is -2.12. The number of primary amides is 1. The molecule has 0 unspecified atom stereocenters. The Morgan fingerprint density at radius 3 is 2.42 bits per heavy atom. The van der Waals surface area contributed by atoms with Gasteiger partial charge in [-0.2, -0.15) is 4.31 Å². The van der Waals surface area contributed by atoms with Crippen molar-refractivity contribution in [1.29, 1.82) is 0 Å². The van der Waals surface area contributed by atoms with Crippen LogP contribution in [0, 0.1) is 5.92 Å². The summed E-state index contributed by atoms with van der Waals surface area (Å²) in [4.78, 5) is 11.2. The number of carbonyl (C=O) groups is 1. The zero-order chi connectivity index (χ0) is 17.5. The van der Waals surface area contributed by atoms with Gasteiger partial charge in [-0.15, -0.1) is 0 Å². The first-order chi connectivity index (χ1) is 11.3. The molecule has 1 fully saturated rings. The molecule has 0 radical (unpaired) electrons. The summed E-state index contributed by atoms with van der Waals surface area (Å²) >= 11 is 0. The number of benzene rings is 1. The smallest absolute Gasteiger partial charge is 0.248 e. The van der Waals surface area contributed by atoms with Crippen molar-refractivity contribution in [2.24, 2.45) is 11.7 Å². The number of rotatable bonds is 6. The molecular formula is C17H20N2O4S. The van der Waals surface area contributed by atoms with E-state index in [9.17, 15) is 13.2 Å². The number of nitrogens with two attached hydrogens (primary N) is 1. The highest BCUT2D eigenvalue weighted by atomic mass is 32.2. The molecule has 1 aliphatic rings. The quantitative estimate of drug-likeness (QED) is 0.867. The summed E-state index contributed by atoms with van der Waals surface area (Å²) < 4.78 is 32.2. The van der Waals surface area contributed by atoms with Gasteiger partial charge in [0.1, 0.15) is 11.5 Å². The van der Waals surface area contributed by atoms with E-state index in [-0.39, 0.29) is 17.0 Å². The lowest BCUT2D eigenvalue weighted by Gasteiger charge is -2.16. The first kappa shape index (κ1) is 16.7. The second kappa shape index (κ2) is 6.07. The van der Waals surface area contributed by atoms with Gasteiger partial charge in [-0.1, -0.05) is 6.92 Å². The number of furan rings is 1. The third-order valence-corrected chi connectivity index (χ3v) is 6.20. The number of hydrogen-bond acceptors (Lipinski definition) is 4. The first-order valence-electron chi connectivity index (χ1n) is 7.74. The molecule has 1 aliphatic carbocycles. The van der Waals surface area contributed by atoms with Gasteiger partial charge in [0, 0.05) is 18.5 Å². The third-order valence-electron chi connectivity index (χ3n) is 4.38. The lowest BCUT2D eigenvalue weighted by molar-refractivity contribution is 0.1000. The molecule has 2 N–H and O–H groups in total. The SMILES string of the molecule is C[C@@H]1C[C@@H]1c1ccc(CN(C)S(=O)(=O)c2ccc(C(N)=O)cc2)o1. The first-order valence-corrected chi connectivity index (χ1v) is 9.18. The van der Waals surface area contributed by atoms with E-state index in [0.29, 0.717) is 17.6 Å². The molecule has 0 spiro atoms. The van der Waals surface area contributed by atoms with Crippen LogP contribution < -0.4 is 5.73 Å². The number of nitrogens with zero attached hydrogens (tertiary/aromatic N) is 1. The fraction of sp³-hybridized carbons (Fsp3) is 0.353. The van der Waals surface area contributed by atoms with Crippen molar-refractivity contribution in [1.82, 2.24) is 4.31 Å². The molecular weight excluding hydrogens is 328 g/mol. The molecule has 0 bridgehead atoms. The van der Waals surface area contributed by atoms with Crippen molar-refractivity contribution in [3.05, 3.63) is 53.5 Å². The van der Waals surface area contributed by atoms with E-state index in [1.807, 2.05) is 12.1 Å². The molecule has 3 rings (SSSR count). The van der Waals surface area contributed by atoms with Gasteiger partial charge in [0.25, 0.3) is 0 Å². The number of sulfonamides is 1. The van der Waals surface area contributed by atoms with Crippen molar-refractivity contribution in [3.8, 4) is 0 Å². The summed E-state index contributed by atoms with van der Waals surface area (Å²) in [7, 11) is -2.17. The second-order valence-electron chi connectivity index (χ2n) is 6.27. The van der Waals surface area contributed by atoms with E-state index in [0.717, 1.165) is 12.2 Å². The van der Waals surface area contributed by atoms with Crippen LogP contribution in [0.15, 0.2) is 45.7 Å². The molecule has 7 heteroatoms. The van der Waals surface area contributed by atoms with Crippen molar-refractivity contribution in [2.45, 2.75) is 30.7 Å². The van der Waals surface area contributed by atoms with Crippen LogP contribution in [-0.4, -0.2) is 25.7 Å². The van der Waals surface area contributed by atoms with Gasteiger partial charge in [0.15, 0.2) is 0 Å². The fourth-order valence-corrected chi connectivity index (χ4v) is 3.81. The van der Waals surface area contributed by atoms with Crippen LogP contribution in [0.5, 0.6) is 0 Å². The van der Waals surface area contributed by atoms with Crippen molar-refractivity contribution >= 4 is 15.9 Å². The summed E-state index contributed by atoms with van der Waals surface area (Å²) in [5.41, 5.74) is 5.43. The predicted octanol–water partition coefficient (Wildman–Crippen LogP) is 2.32. The van der Waals surface area contributed by atoms with Gasteiger partial charge < -0.3 is 10.2 Å². The molecule has 1 aromatic heterocycles. The Morgan fingerprint density at radius 1 is 1.25 bits per heavy atom. The van der Waals surface area contributed by atoms with E-state index >= 15 is 0 Å². The van der Waals surface area contributed by atoms with Gasteiger partial charge >= 0.3 is 0 Å². The highest BCUT2D eigenvalue weighted by Gasteiger charge is 2.36. The number of amides is 1. The topological polar surface area (TPSA) is 93.6 Å². The Labute approximate surface area is 141 Å². The van der Waals surface area contributed by atoms with Crippen LogP contribution in [0.3, 0.4) is 0 Å².